The van der Waals surface area contributed by atoms with Crippen LogP contribution >= 0.6 is 11.6 Å². The van der Waals surface area contributed by atoms with E-state index >= 15 is 0 Å². The molecule has 0 radical (unpaired) electrons. The van der Waals surface area contributed by atoms with Gasteiger partial charge in [0.05, 0.1) is 17.7 Å². The molecule has 6 nitrogen and oxygen atoms in total. The number of methoxy groups -OCH3 is 1. The van der Waals surface area contributed by atoms with Gasteiger partial charge in [-0.2, -0.15) is 4.98 Å². The predicted octanol–water partition coefficient (Wildman–Crippen LogP) is 2.61. The number of benzene rings is 1. The number of rotatable bonds is 5. The minimum absolute atomic E-state index is 0.111. The standard InChI is InChI=1S/C15H16ClN3O3/c1-21-14-10(3-2-4-11(14)16)15-18-13(22-19-15)8-6-9-5-7-12(20)17-9/h2-4,9H,5-8H2,1H3,(H,17,20). The number of carbonyl (C=O) groups is 1. The first-order valence-electron chi connectivity index (χ1n) is 7.12. The first-order valence-corrected chi connectivity index (χ1v) is 7.50. The van der Waals surface area contributed by atoms with E-state index in [0.717, 1.165) is 12.8 Å². The molecule has 116 valence electrons. The van der Waals surface area contributed by atoms with Crippen molar-refractivity contribution in [1.82, 2.24) is 15.5 Å². The average Bonchev–Trinajstić information content (AvgIpc) is 3.13. The maximum absolute atomic E-state index is 11.2. The van der Waals surface area contributed by atoms with Crippen molar-refractivity contribution in [3.8, 4) is 17.1 Å². The summed E-state index contributed by atoms with van der Waals surface area (Å²) in [5, 5.41) is 7.41. The first-order chi connectivity index (χ1) is 10.7. The summed E-state index contributed by atoms with van der Waals surface area (Å²) in [6.45, 7) is 0. The van der Waals surface area contributed by atoms with E-state index < -0.39 is 0 Å². The highest BCUT2D eigenvalue weighted by atomic mass is 35.5. The van der Waals surface area contributed by atoms with Gasteiger partial charge in [0, 0.05) is 18.9 Å². The van der Waals surface area contributed by atoms with Crippen LogP contribution in [-0.2, 0) is 11.2 Å². The van der Waals surface area contributed by atoms with Crippen LogP contribution in [0.3, 0.4) is 0 Å². The third-order valence-corrected chi connectivity index (χ3v) is 3.97. The number of hydrogen-bond acceptors (Lipinski definition) is 5. The van der Waals surface area contributed by atoms with E-state index in [9.17, 15) is 4.79 Å². The molecule has 7 heteroatoms. The fourth-order valence-electron chi connectivity index (χ4n) is 2.55. The summed E-state index contributed by atoms with van der Waals surface area (Å²) in [6, 6.07) is 5.58. The summed E-state index contributed by atoms with van der Waals surface area (Å²) in [4.78, 5) is 15.5. The Morgan fingerprint density at radius 3 is 3.09 bits per heavy atom. The molecule has 0 spiro atoms. The highest BCUT2D eigenvalue weighted by molar-refractivity contribution is 6.32. The Labute approximate surface area is 132 Å². The maximum Gasteiger partial charge on any atom is 0.227 e. The number of nitrogens with zero attached hydrogens (tertiary/aromatic N) is 2. The van der Waals surface area contributed by atoms with Crippen LogP contribution in [0.2, 0.25) is 5.02 Å². The second kappa shape index (κ2) is 6.36. The molecule has 0 bridgehead atoms. The van der Waals surface area contributed by atoms with Gasteiger partial charge in [0.25, 0.3) is 0 Å². The van der Waals surface area contributed by atoms with Gasteiger partial charge in [-0.1, -0.05) is 22.8 Å². The Balaban J connectivity index is 1.71. The number of carbonyl (C=O) groups excluding carboxylic acids is 1. The van der Waals surface area contributed by atoms with Gasteiger partial charge in [-0.15, -0.1) is 0 Å². The summed E-state index contributed by atoms with van der Waals surface area (Å²) < 4.78 is 10.6. The Morgan fingerprint density at radius 2 is 2.36 bits per heavy atom. The largest absolute Gasteiger partial charge is 0.494 e. The smallest absolute Gasteiger partial charge is 0.227 e. The van der Waals surface area contributed by atoms with Gasteiger partial charge in [-0.25, -0.2) is 0 Å². The number of aromatic nitrogens is 2. The zero-order valence-electron chi connectivity index (χ0n) is 12.1. The van der Waals surface area contributed by atoms with E-state index in [2.05, 4.69) is 15.5 Å². The summed E-state index contributed by atoms with van der Waals surface area (Å²) in [7, 11) is 1.55. The summed E-state index contributed by atoms with van der Waals surface area (Å²) in [6.07, 6.45) is 2.88. The van der Waals surface area contributed by atoms with Crippen molar-refractivity contribution >= 4 is 17.5 Å². The molecule has 0 aliphatic carbocycles. The number of hydrogen-bond donors (Lipinski definition) is 1. The molecule has 1 aliphatic heterocycles. The Kier molecular flexibility index (Phi) is 4.29. The molecule has 1 fully saturated rings. The van der Waals surface area contributed by atoms with Gasteiger partial charge in [0.2, 0.25) is 17.6 Å². The number of para-hydroxylation sites is 1. The normalized spacial score (nSPS) is 17.5. The first kappa shape index (κ1) is 14.8. The summed E-state index contributed by atoms with van der Waals surface area (Å²) in [5.74, 6) is 1.63. The van der Waals surface area contributed by atoms with Crippen molar-refractivity contribution in [2.75, 3.05) is 7.11 Å². The minimum atomic E-state index is 0.111. The van der Waals surface area contributed by atoms with Crippen molar-refractivity contribution in [3.05, 3.63) is 29.1 Å². The molecule has 3 rings (SSSR count). The van der Waals surface area contributed by atoms with Crippen LogP contribution in [0.5, 0.6) is 5.75 Å². The highest BCUT2D eigenvalue weighted by Crippen LogP contribution is 2.34. The van der Waals surface area contributed by atoms with Crippen molar-refractivity contribution in [1.29, 1.82) is 0 Å². The van der Waals surface area contributed by atoms with Gasteiger partial charge in [-0.05, 0) is 25.0 Å². The van der Waals surface area contributed by atoms with Gasteiger partial charge >= 0.3 is 0 Å². The van der Waals surface area contributed by atoms with Crippen molar-refractivity contribution in [2.24, 2.45) is 0 Å². The summed E-state index contributed by atoms with van der Waals surface area (Å²) in [5.41, 5.74) is 0.694. The molecular weight excluding hydrogens is 306 g/mol. The number of aryl methyl sites for hydroxylation is 1. The lowest BCUT2D eigenvalue weighted by molar-refractivity contribution is -0.119. The number of amides is 1. The van der Waals surface area contributed by atoms with Gasteiger partial charge in [0.1, 0.15) is 5.75 Å². The zero-order valence-corrected chi connectivity index (χ0v) is 12.9. The van der Waals surface area contributed by atoms with Crippen LogP contribution in [-0.4, -0.2) is 29.2 Å². The van der Waals surface area contributed by atoms with Crippen molar-refractivity contribution < 1.29 is 14.1 Å². The second-order valence-corrected chi connectivity index (χ2v) is 5.58. The highest BCUT2D eigenvalue weighted by Gasteiger charge is 2.22. The number of nitrogens with one attached hydrogen (secondary N) is 1. The van der Waals surface area contributed by atoms with E-state index in [4.69, 9.17) is 20.9 Å². The van der Waals surface area contributed by atoms with Crippen LogP contribution in [0.4, 0.5) is 0 Å². The third-order valence-electron chi connectivity index (χ3n) is 3.67. The van der Waals surface area contributed by atoms with Crippen LogP contribution in [0.1, 0.15) is 25.2 Å². The Morgan fingerprint density at radius 1 is 1.50 bits per heavy atom. The fraction of sp³-hybridized carbons (Fsp3) is 0.400. The number of halogens is 1. The molecule has 1 atom stereocenters. The fourth-order valence-corrected chi connectivity index (χ4v) is 2.80. The van der Waals surface area contributed by atoms with E-state index in [1.807, 2.05) is 12.1 Å². The minimum Gasteiger partial charge on any atom is -0.494 e. The van der Waals surface area contributed by atoms with E-state index in [1.165, 1.54) is 0 Å². The molecule has 1 aromatic carbocycles. The van der Waals surface area contributed by atoms with Gasteiger partial charge in [-0.3, -0.25) is 4.79 Å². The number of ether oxygens (including phenoxy) is 1. The van der Waals surface area contributed by atoms with E-state index in [-0.39, 0.29) is 11.9 Å². The maximum atomic E-state index is 11.2. The quantitative estimate of drug-likeness (QED) is 0.916. The average molecular weight is 322 g/mol. The SMILES string of the molecule is COc1c(Cl)cccc1-c1noc(CCC2CCC(=O)N2)n1. The molecule has 1 amide bonds. The molecule has 1 saturated heterocycles. The topological polar surface area (TPSA) is 77.2 Å². The van der Waals surface area contributed by atoms with E-state index in [0.29, 0.717) is 40.9 Å². The van der Waals surface area contributed by atoms with Gasteiger partial charge < -0.3 is 14.6 Å². The molecule has 22 heavy (non-hydrogen) atoms. The predicted molar refractivity (Wildman–Crippen MR) is 80.8 cm³/mol. The molecular formula is C15H16ClN3O3. The Hall–Kier alpha value is -2.08. The van der Waals surface area contributed by atoms with Crippen molar-refractivity contribution in [3.63, 3.8) is 0 Å². The summed E-state index contributed by atoms with van der Waals surface area (Å²) >= 11 is 6.10. The second-order valence-electron chi connectivity index (χ2n) is 5.17. The van der Waals surface area contributed by atoms with Crippen LogP contribution in [0, 0.1) is 0 Å². The van der Waals surface area contributed by atoms with E-state index in [1.54, 1.807) is 13.2 Å². The molecule has 2 heterocycles. The lowest BCUT2D eigenvalue weighted by atomic mass is 10.1. The third kappa shape index (κ3) is 3.06. The zero-order chi connectivity index (χ0) is 15.5. The molecule has 2 aromatic rings. The monoisotopic (exact) mass is 321 g/mol. The van der Waals surface area contributed by atoms with Crippen LogP contribution in [0.25, 0.3) is 11.4 Å². The molecule has 1 aliphatic rings. The van der Waals surface area contributed by atoms with Crippen molar-refractivity contribution in [2.45, 2.75) is 31.7 Å². The lowest BCUT2D eigenvalue weighted by Crippen LogP contribution is -2.25. The molecule has 0 saturated carbocycles. The Bertz CT molecular complexity index is 686. The molecule has 1 N–H and O–H groups in total. The lowest BCUT2D eigenvalue weighted by Gasteiger charge is -2.07. The molecule has 1 unspecified atom stereocenters. The van der Waals surface area contributed by atoms with Crippen LogP contribution in [0.15, 0.2) is 22.7 Å². The molecule has 1 aromatic heterocycles. The van der Waals surface area contributed by atoms with Crippen LogP contribution < -0.4 is 10.1 Å². The van der Waals surface area contributed by atoms with Gasteiger partial charge in [0.15, 0.2) is 0 Å².